The zero-order valence-corrected chi connectivity index (χ0v) is 13.8. The lowest BCUT2D eigenvalue weighted by atomic mass is 10.0. The number of nitrogens with one attached hydrogen (secondary N) is 2. The Morgan fingerprint density at radius 2 is 1.85 bits per heavy atom. The summed E-state index contributed by atoms with van der Waals surface area (Å²) in [7, 11) is 0. The van der Waals surface area contributed by atoms with Gasteiger partial charge in [0, 0.05) is 24.1 Å². The van der Waals surface area contributed by atoms with E-state index in [1.54, 1.807) is 12.4 Å². The number of anilines is 1. The first-order valence-corrected chi connectivity index (χ1v) is 7.75. The third kappa shape index (κ3) is 4.08. The van der Waals surface area contributed by atoms with Crippen molar-refractivity contribution >= 4 is 5.69 Å². The third-order valence-electron chi connectivity index (χ3n) is 3.76. The maximum absolute atomic E-state index is 12.7. The number of hydrogen-bond donors (Lipinski definition) is 2. The number of hydrogen-bond acceptors (Lipinski definition) is 4. The minimum Gasteiger partial charge on any atom is -0.378 e. The van der Waals surface area contributed by atoms with Gasteiger partial charge in [-0.1, -0.05) is 6.07 Å². The lowest BCUT2D eigenvalue weighted by Crippen LogP contribution is -2.20. The van der Waals surface area contributed by atoms with E-state index in [9.17, 15) is 18.0 Å². The van der Waals surface area contributed by atoms with Gasteiger partial charge in [0.2, 0.25) is 0 Å². The number of aromatic amines is 1. The normalized spacial score (nSPS) is 11.4. The van der Waals surface area contributed by atoms with Crippen LogP contribution in [0.2, 0.25) is 0 Å². The van der Waals surface area contributed by atoms with Crippen molar-refractivity contribution in [1.82, 2.24) is 15.0 Å². The summed E-state index contributed by atoms with van der Waals surface area (Å²) in [4.78, 5) is 21.1. The molecule has 8 heteroatoms. The van der Waals surface area contributed by atoms with Crippen molar-refractivity contribution in [2.45, 2.75) is 19.6 Å². The van der Waals surface area contributed by atoms with E-state index in [2.05, 4.69) is 20.3 Å². The monoisotopic (exact) mass is 360 g/mol. The summed E-state index contributed by atoms with van der Waals surface area (Å²) < 4.78 is 38.2. The quantitative estimate of drug-likeness (QED) is 0.743. The fourth-order valence-electron chi connectivity index (χ4n) is 2.55. The van der Waals surface area contributed by atoms with Gasteiger partial charge in [0.15, 0.2) is 5.69 Å². The molecule has 0 saturated heterocycles. The molecular weight excluding hydrogens is 345 g/mol. The molecule has 0 aliphatic carbocycles. The Morgan fingerprint density at radius 3 is 2.50 bits per heavy atom. The van der Waals surface area contributed by atoms with Crippen molar-refractivity contribution in [3.63, 3.8) is 0 Å². The second kappa shape index (κ2) is 6.99. The van der Waals surface area contributed by atoms with E-state index in [0.29, 0.717) is 11.8 Å². The molecule has 0 atom stereocenters. The van der Waals surface area contributed by atoms with Gasteiger partial charge in [-0.15, -0.1) is 0 Å². The molecule has 134 valence electrons. The van der Waals surface area contributed by atoms with Crippen molar-refractivity contribution < 1.29 is 13.2 Å². The molecule has 0 saturated carbocycles. The fraction of sp³-hybridized carbons (Fsp3) is 0.167. The molecule has 2 aromatic heterocycles. The van der Waals surface area contributed by atoms with Crippen LogP contribution in [-0.4, -0.2) is 15.0 Å². The minimum atomic E-state index is -4.66. The average Bonchev–Trinajstić information content (AvgIpc) is 2.59. The number of alkyl halides is 3. The zero-order chi connectivity index (χ0) is 18.7. The van der Waals surface area contributed by atoms with Crippen LogP contribution in [0.4, 0.5) is 18.9 Å². The van der Waals surface area contributed by atoms with Crippen LogP contribution in [0.1, 0.15) is 17.1 Å². The summed E-state index contributed by atoms with van der Waals surface area (Å²) in [5.41, 5.74) is 1.71. The Morgan fingerprint density at radius 1 is 1.12 bits per heavy atom. The predicted molar refractivity (Wildman–Crippen MR) is 91.6 cm³/mol. The number of benzene rings is 1. The highest BCUT2D eigenvalue weighted by molar-refractivity contribution is 5.69. The largest absolute Gasteiger partial charge is 0.433 e. The van der Waals surface area contributed by atoms with Crippen LogP contribution in [0.15, 0.2) is 53.6 Å². The first-order valence-electron chi connectivity index (χ1n) is 7.75. The van der Waals surface area contributed by atoms with E-state index >= 15 is 0 Å². The van der Waals surface area contributed by atoms with Crippen LogP contribution in [0.25, 0.3) is 11.1 Å². The fourth-order valence-corrected chi connectivity index (χ4v) is 2.55. The number of rotatable bonds is 4. The van der Waals surface area contributed by atoms with Crippen LogP contribution < -0.4 is 10.9 Å². The first-order chi connectivity index (χ1) is 12.3. The molecule has 1 aromatic carbocycles. The molecule has 0 bridgehead atoms. The molecule has 0 amide bonds. The smallest absolute Gasteiger partial charge is 0.378 e. The molecular formula is C18H15F3N4O. The molecule has 0 spiro atoms. The van der Waals surface area contributed by atoms with Crippen LogP contribution >= 0.6 is 0 Å². The predicted octanol–water partition coefficient (Wildman–Crippen LogP) is 3.77. The second-order valence-corrected chi connectivity index (χ2v) is 5.69. The number of nitrogens with zero attached hydrogens (tertiary/aromatic N) is 2. The van der Waals surface area contributed by atoms with Gasteiger partial charge in [-0.25, -0.2) is 4.98 Å². The molecule has 2 heterocycles. The summed E-state index contributed by atoms with van der Waals surface area (Å²) in [5, 5.41) is 2.97. The van der Waals surface area contributed by atoms with Crippen LogP contribution in [0.3, 0.4) is 0 Å². The van der Waals surface area contributed by atoms with E-state index in [1.165, 1.54) is 0 Å². The van der Waals surface area contributed by atoms with Gasteiger partial charge in [0.05, 0.1) is 6.54 Å². The van der Waals surface area contributed by atoms with Gasteiger partial charge < -0.3 is 10.3 Å². The maximum atomic E-state index is 12.7. The zero-order valence-electron chi connectivity index (χ0n) is 13.8. The van der Waals surface area contributed by atoms with E-state index in [4.69, 9.17) is 0 Å². The molecule has 0 aliphatic heterocycles. The molecule has 2 N–H and O–H groups in total. The van der Waals surface area contributed by atoms with Gasteiger partial charge in [0.25, 0.3) is 5.56 Å². The second-order valence-electron chi connectivity index (χ2n) is 5.69. The number of aromatic nitrogens is 3. The Hall–Kier alpha value is -3.16. The summed E-state index contributed by atoms with van der Waals surface area (Å²) in [5.74, 6) is -0.0827. The minimum absolute atomic E-state index is 0.0345. The van der Waals surface area contributed by atoms with E-state index in [-0.39, 0.29) is 12.4 Å². The molecule has 26 heavy (non-hydrogen) atoms. The average molecular weight is 360 g/mol. The number of H-pyrrole nitrogens is 1. The molecule has 5 nitrogen and oxygen atoms in total. The standard InChI is InChI=1S/C18H15F3N4O/c1-11-8-13(2-3-14(11)12-4-6-22-7-5-12)23-10-16-24-15(18(19,20)21)9-17(26)25-16/h2-9,23H,10H2,1H3,(H,24,25,26). The molecule has 0 fully saturated rings. The highest BCUT2D eigenvalue weighted by Gasteiger charge is 2.33. The Kier molecular flexibility index (Phi) is 4.75. The van der Waals surface area contributed by atoms with Crippen molar-refractivity contribution in [3.8, 4) is 11.1 Å². The third-order valence-corrected chi connectivity index (χ3v) is 3.76. The lowest BCUT2D eigenvalue weighted by Gasteiger charge is -2.11. The number of pyridine rings is 1. The Bertz CT molecular complexity index is 968. The van der Waals surface area contributed by atoms with Gasteiger partial charge in [-0.3, -0.25) is 9.78 Å². The number of halogens is 3. The SMILES string of the molecule is Cc1cc(NCc2nc(C(F)(F)F)cc(=O)[nH]2)ccc1-c1ccncc1. The maximum Gasteiger partial charge on any atom is 0.433 e. The molecule has 0 aliphatic rings. The summed E-state index contributed by atoms with van der Waals surface area (Å²) in [6, 6.07) is 9.84. The topological polar surface area (TPSA) is 70.7 Å². The molecule has 0 radical (unpaired) electrons. The van der Waals surface area contributed by atoms with Crippen LogP contribution in [0.5, 0.6) is 0 Å². The van der Waals surface area contributed by atoms with Crippen molar-refractivity contribution in [2.24, 2.45) is 0 Å². The van der Waals surface area contributed by atoms with E-state index in [1.807, 2.05) is 37.3 Å². The van der Waals surface area contributed by atoms with Crippen molar-refractivity contribution in [3.05, 3.63) is 76.2 Å². The Balaban J connectivity index is 1.78. The summed E-state index contributed by atoms with van der Waals surface area (Å²) >= 11 is 0. The van der Waals surface area contributed by atoms with Crippen LogP contribution in [-0.2, 0) is 12.7 Å². The van der Waals surface area contributed by atoms with Gasteiger partial charge in [-0.2, -0.15) is 13.2 Å². The van der Waals surface area contributed by atoms with Crippen LogP contribution in [0, 0.1) is 6.92 Å². The highest BCUT2D eigenvalue weighted by atomic mass is 19.4. The summed E-state index contributed by atoms with van der Waals surface area (Å²) in [6.45, 7) is 1.90. The lowest BCUT2D eigenvalue weighted by molar-refractivity contribution is -0.141. The van der Waals surface area contributed by atoms with E-state index < -0.39 is 17.4 Å². The number of aryl methyl sites for hydroxylation is 1. The van der Waals surface area contributed by atoms with Crippen molar-refractivity contribution in [2.75, 3.05) is 5.32 Å². The van der Waals surface area contributed by atoms with Crippen molar-refractivity contribution in [1.29, 1.82) is 0 Å². The van der Waals surface area contributed by atoms with Gasteiger partial charge >= 0.3 is 6.18 Å². The van der Waals surface area contributed by atoms with Gasteiger partial charge in [-0.05, 0) is 47.9 Å². The van der Waals surface area contributed by atoms with E-state index in [0.717, 1.165) is 16.7 Å². The highest BCUT2D eigenvalue weighted by Crippen LogP contribution is 2.27. The van der Waals surface area contributed by atoms with Gasteiger partial charge in [0.1, 0.15) is 5.82 Å². The molecule has 3 aromatic rings. The Labute approximate surface area is 147 Å². The first kappa shape index (κ1) is 17.7. The molecule has 0 unspecified atom stereocenters. The summed E-state index contributed by atoms with van der Waals surface area (Å²) in [6.07, 6.45) is -1.25. The molecule has 3 rings (SSSR count).